The molecule has 1 aliphatic rings. The highest BCUT2D eigenvalue weighted by atomic mass is 19.1. The van der Waals surface area contributed by atoms with Gasteiger partial charge in [0.15, 0.2) is 0 Å². The molecule has 0 aromatic heterocycles. The van der Waals surface area contributed by atoms with E-state index in [-0.39, 0.29) is 17.5 Å². The van der Waals surface area contributed by atoms with Crippen molar-refractivity contribution in [2.75, 3.05) is 23.3 Å². The molecule has 130 valence electrons. The maximum atomic E-state index is 13.2. The van der Waals surface area contributed by atoms with Crippen LogP contribution < -0.4 is 10.2 Å². The molecule has 0 bridgehead atoms. The van der Waals surface area contributed by atoms with Crippen LogP contribution in [0.15, 0.2) is 48.5 Å². The zero-order chi connectivity index (χ0) is 17.8. The SMILES string of the molecule is O=C(Nc1cccc(F)c1)C1CCN(c2ccccc2[N+](=O)[O-])CC1. The van der Waals surface area contributed by atoms with Crippen molar-refractivity contribution in [1.82, 2.24) is 0 Å². The lowest BCUT2D eigenvalue weighted by Gasteiger charge is -2.32. The normalized spacial score (nSPS) is 15.0. The van der Waals surface area contributed by atoms with Gasteiger partial charge < -0.3 is 10.2 Å². The number of nitro groups is 1. The highest BCUT2D eigenvalue weighted by Gasteiger charge is 2.28. The van der Waals surface area contributed by atoms with Crippen molar-refractivity contribution in [2.24, 2.45) is 5.92 Å². The van der Waals surface area contributed by atoms with Crippen LogP contribution in [0.3, 0.4) is 0 Å². The second-order valence-corrected chi connectivity index (χ2v) is 6.01. The van der Waals surface area contributed by atoms with Crippen molar-refractivity contribution in [2.45, 2.75) is 12.8 Å². The van der Waals surface area contributed by atoms with Gasteiger partial charge in [-0.25, -0.2) is 4.39 Å². The molecule has 1 fully saturated rings. The number of anilines is 2. The third-order valence-corrected chi connectivity index (χ3v) is 4.38. The molecule has 0 spiro atoms. The van der Waals surface area contributed by atoms with E-state index in [1.54, 1.807) is 30.3 Å². The fourth-order valence-electron chi connectivity index (χ4n) is 3.08. The maximum Gasteiger partial charge on any atom is 0.292 e. The van der Waals surface area contributed by atoms with Gasteiger partial charge >= 0.3 is 0 Å². The van der Waals surface area contributed by atoms with Crippen LogP contribution in [0, 0.1) is 21.8 Å². The van der Waals surface area contributed by atoms with E-state index in [0.29, 0.717) is 37.3 Å². The topological polar surface area (TPSA) is 75.5 Å². The fourth-order valence-corrected chi connectivity index (χ4v) is 3.08. The van der Waals surface area contributed by atoms with Crippen molar-refractivity contribution >= 4 is 23.0 Å². The van der Waals surface area contributed by atoms with Crippen LogP contribution in [0.2, 0.25) is 0 Å². The van der Waals surface area contributed by atoms with Gasteiger partial charge in [0.2, 0.25) is 5.91 Å². The Morgan fingerprint density at radius 2 is 1.88 bits per heavy atom. The second kappa shape index (κ2) is 7.29. The van der Waals surface area contributed by atoms with Gasteiger partial charge in [0, 0.05) is 30.8 Å². The predicted molar refractivity (Wildman–Crippen MR) is 93.1 cm³/mol. The van der Waals surface area contributed by atoms with Gasteiger partial charge in [-0.1, -0.05) is 18.2 Å². The average Bonchev–Trinajstić information content (AvgIpc) is 2.62. The third-order valence-electron chi connectivity index (χ3n) is 4.38. The quantitative estimate of drug-likeness (QED) is 0.680. The number of para-hydroxylation sites is 2. The first-order chi connectivity index (χ1) is 12.0. The monoisotopic (exact) mass is 343 g/mol. The average molecular weight is 343 g/mol. The molecule has 1 saturated heterocycles. The Balaban J connectivity index is 1.62. The van der Waals surface area contributed by atoms with Crippen LogP contribution in [0.25, 0.3) is 0 Å². The summed E-state index contributed by atoms with van der Waals surface area (Å²) < 4.78 is 13.2. The molecule has 25 heavy (non-hydrogen) atoms. The molecule has 1 heterocycles. The van der Waals surface area contributed by atoms with Crippen molar-refractivity contribution in [3.8, 4) is 0 Å². The molecule has 1 aliphatic heterocycles. The molecule has 0 unspecified atom stereocenters. The number of nitro benzene ring substituents is 1. The van der Waals surface area contributed by atoms with E-state index in [0.717, 1.165) is 0 Å². The lowest BCUT2D eigenvalue weighted by Crippen LogP contribution is -2.38. The summed E-state index contributed by atoms with van der Waals surface area (Å²) in [6.07, 6.45) is 1.18. The van der Waals surface area contributed by atoms with Gasteiger partial charge in [0.1, 0.15) is 11.5 Å². The van der Waals surface area contributed by atoms with Crippen molar-refractivity contribution in [3.05, 3.63) is 64.5 Å². The molecule has 0 saturated carbocycles. The van der Waals surface area contributed by atoms with Gasteiger partial charge in [-0.3, -0.25) is 14.9 Å². The number of rotatable bonds is 4. The lowest BCUT2D eigenvalue weighted by atomic mass is 9.95. The van der Waals surface area contributed by atoms with Crippen LogP contribution in [-0.4, -0.2) is 23.9 Å². The second-order valence-electron chi connectivity index (χ2n) is 6.01. The van der Waals surface area contributed by atoms with E-state index in [1.807, 2.05) is 4.90 Å². The van der Waals surface area contributed by atoms with Crippen LogP contribution in [0.4, 0.5) is 21.5 Å². The van der Waals surface area contributed by atoms with Crippen LogP contribution in [0.1, 0.15) is 12.8 Å². The Morgan fingerprint density at radius 3 is 2.56 bits per heavy atom. The van der Waals surface area contributed by atoms with Crippen LogP contribution in [0.5, 0.6) is 0 Å². The van der Waals surface area contributed by atoms with Gasteiger partial charge in [0.25, 0.3) is 5.69 Å². The number of amides is 1. The molecule has 0 radical (unpaired) electrons. The first-order valence-electron chi connectivity index (χ1n) is 8.09. The maximum absolute atomic E-state index is 13.2. The highest BCUT2D eigenvalue weighted by molar-refractivity contribution is 5.92. The van der Waals surface area contributed by atoms with E-state index in [9.17, 15) is 19.3 Å². The Hall–Kier alpha value is -2.96. The first-order valence-corrected chi connectivity index (χ1v) is 8.09. The zero-order valence-electron chi connectivity index (χ0n) is 13.5. The number of hydrogen-bond acceptors (Lipinski definition) is 4. The summed E-state index contributed by atoms with van der Waals surface area (Å²) in [5.41, 5.74) is 1.09. The van der Waals surface area contributed by atoms with Crippen molar-refractivity contribution < 1.29 is 14.1 Å². The van der Waals surface area contributed by atoms with E-state index in [2.05, 4.69) is 5.32 Å². The Kier molecular flexibility index (Phi) is 4.92. The van der Waals surface area contributed by atoms with Crippen LogP contribution >= 0.6 is 0 Å². The molecular formula is C18H18FN3O3. The summed E-state index contributed by atoms with van der Waals surface area (Å²) in [4.78, 5) is 25.0. The molecular weight excluding hydrogens is 325 g/mol. The minimum Gasteiger partial charge on any atom is -0.366 e. The summed E-state index contributed by atoms with van der Waals surface area (Å²) in [6, 6.07) is 12.4. The summed E-state index contributed by atoms with van der Waals surface area (Å²) in [5.74, 6) is -0.737. The first kappa shape index (κ1) is 16.9. The number of halogens is 1. The zero-order valence-corrected chi connectivity index (χ0v) is 13.5. The number of nitrogens with one attached hydrogen (secondary N) is 1. The van der Waals surface area contributed by atoms with E-state index in [1.165, 1.54) is 18.2 Å². The smallest absolute Gasteiger partial charge is 0.292 e. The summed E-state index contributed by atoms with van der Waals surface area (Å²) in [7, 11) is 0. The standard InChI is InChI=1S/C18H18FN3O3/c19-14-4-3-5-15(12-14)20-18(23)13-8-10-21(11-9-13)16-6-1-2-7-17(16)22(24)25/h1-7,12-13H,8-11H2,(H,20,23). The molecule has 1 N–H and O–H groups in total. The number of benzene rings is 2. The molecule has 0 aliphatic carbocycles. The minimum atomic E-state index is -0.399. The number of hydrogen-bond donors (Lipinski definition) is 1. The summed E-state index contributed by atoms with van der Waals surface area (Å²) >= 11 is 0. The highest BCUT2D eigenvalue weighted by Crippen LogP contribution is 2.31. The molecule has 6 nitrogen and oxygen atoms in total. The van der Waals surface area contributed by atoms with Gasteiger partial charge in [-0.2, -0.15) is 0 Å². The molecule has 2 aromatic rings. The van der Waals surface area contributed by atoms with E-state index in [4.69, 9.17) is 0 Å². The summed E-state index contributed by atoms with van der Waals surface area (Å²) in [5, 5.41) is 13.9. The Labute approximate surface area is 144 Å². The molecule has 1 amide bonds. The molecule has 2 aromatic carbocycles. The van der Waals surface area contributed by atoms with Crippen LogP contribution in [-0.2, 0) is 4.79 Å². The number of carbonyl (C=O) groups excluding carboxylic acids is 1. The number of piperidine rings is 1. The predicted octanol–water partition coefficient (Wildman–Crippen LogP) is 3.59. The Bertz CT molecular complexity index is 789. The molecule has 7 heteroatoms. The van der Waals surface area contributed by atoms with E-state index >= 15 is 0 Å². The molecule has 3 rings (SSSR count). The largest absolute Gasteiger partial charge is 0.366 e. The number of carbonyl (C=O) groups is 1. The minimum absolute atomic E-state index is 0.0742. The fraction of sp³-hybridized carbons (Fsp3) is 0.278. The Morgan fingerprint density at radius 1 is 1.16 bits per heavy atom. The van der Waals surface area contributed by atoms with E-state index < -0.39 is 10.7 Å². The summed E-state index contributed by atoms with van der Waals surface area (Å²) in [6.45, 7) is 1.12. The van der Waals surface area contributed by atoms with Crippen molar-refractivity contribution in [1.29, 1.82) is 0 Å². The third kappa shape index (κ3) is 3.93. The van der Waals surface area contributed by atoms with Gasteiger partial charge in [0.05, 0.1) is 4.92 Å². The van der Waals surface area contributed by atoms with Crippen molar-refractivity contribution in [3.63, 3.8) is 0 Å². The van der Waals surface area contributed by atoms with Gasteiger partial charge in [-0.05, 0) is 37.1 Å². The number of nitrogens with zero attached hydrogens (tertiary/aromatic N) is 2. The van der Waals surface area contributed by atoms with Gasteiger partial charge in [-0.15, -0.1) is 0 Å². The molecule has 0 atom stereocenters. The lowest BCUT2D eigenvalue weighted by molar-refractivity contribution is -0.384.